The van der Waals surface area contributed by atoms with Crippen LogP contribution in [0.1, 0.15) is 23.7 Å². The maximum Gasteiger partial charge on any atom is 0.248 e. The lowest BCUT2D eigenvalue weighted by Crippen LogP contribution is -2.23. The topological polar surface area (TPSA) is 98.2 Å². The van der Waals surface area contributed by atoms with E-state index in [1.54, 1.807) is 24.3 Å². The number of primary amides is 1. The molecule has 1 unspecified atom stereocenters. The minimum Gasteiger partial charge on any atom is -0.366 e. The Morgan fingerprint density at radius 2 is 1.95 bits per heavy atom. The maximum atomic E-state index is 11.6. The van der Waals surface area contributed by atoms with Crippen molar-refractivity contribution in [1.29, 1.82) is 0 Å². The van der Waals surface area contributed by atoms with Crippen molar-refractivity contribution < 1.29 is 9.59 Å². The van der Waals surface area contributed by atoms with E-state index in [0.717, 1.165) is 12.2 Å². The number of carbonyl (C=O) groups excluding carboxylic acids is 2. The quantitative estimate of drug-likeness (QED) is 0.699. The summed E-state index contributed by atoms with van der Waals surface area (Å²) in [7, 11) is 0. The second-order valence-electron chi connectivity index (χ2n) is 4.17. The van der Waals surface area contributed by atoms with Crippen LogP contribution in [0.4, 0.5) is 5.69 Å². The standard InChI is InChI=1S/C13H19N3O2S/c1-2-10(14)7-19-8-12(17)16-11-5-3-9(4-6-11)13(15)18/h3-6,10H,2,7-8,14H2,1H3,(H2,15,18)(H,16,17). The molecule has 2 amide bonds. The minimum atomic E-state index is -0.484. The molecule has 0 aliphatic carbocycles. The highest BCUT2D eigenvalue weighted by molar-refractivity contribution is 8.00. The van der Waals surface area contributed by atoms with Crippen LogP contribution in [-0.4, -0.2) is 29.4 Å². The zero-order chi connectivity index (χ0) is 14.3. The molecule has 0 saturated carbocycles. The van der Waals surface area contributed by atoms with Crippen molar-refractivity contribution >= 4 is 29.3 Å². The van der Waals surface area contributed by atoms with E-state index in [1.165, 1.54) is 11.8 Å². The van der Waals surface area contributed by atoms with Gasteiger partial charge in [-0.15, -0.1) is 0 Å². The fourth-order valence-electron chi connectivity index (χ4n) is 1.34. The minimum absolute atomic E-state index is 0.0832. The summed E-state index contributed by atoms with van der Waals surface area (Å²) in [5.41, 5.74) is 12.0. The lowest BCUT2D eigenvalue weighted by Gasteiger charge is -2.08. The number of nitrogens with one attached hydrogen (secondary N) is 1. The first-order chi connectivity index (χ1) is 9.02. The molecule has 0 aromatic heterocycles. The number of hydrogen-bond acceptors (Lipinski definition) is 4. The van der Waals surface area contributed by atoms with Crippen molar-refractivity contribution in [3.05, 3.63) is 29.8 Å². The Labute approximate surface area is 117 Å². The van der Waals surface area contributed by atoms with E-state index in [-0.39, 0.29) is 11.9 Å². The molecule has 1 rings (SSSR count). The van der Waals surface area contributed by atoms with Gasteiger partial charge in [0.25, 0.3) is 0 Å². The second kappa shape index (κ2) is 7.81. The van der Waals surface area contributed by atoms with Gasteiger partial charge < -0.3 is 16.8 Å². The molecule has 0 fully saturated rings. The van der Waals surface area contributed by atoms with Crippen LogP contribution in [0.5, 0.6) is 0 Å². The molecule has 1 aromatic carbocycles. The fraction of sp³-hybridized carbons (Fsp3) is 0.385. The van der Waals surface area contributed by atoms with Crippen molar-refractivity contribution in [3.63, 3.8) is 0 Å². The summed E-state index contributed by atoms with van der Waals surface area (Å²) in [6.45, 7) is 2.02. The van der Waals surface area contributed by atoms with Crippen LogP contribution >= 0.6 is 11.8 Å². The normalized spacial score (nSPS) is 11.9. The highest BCUT2D eigenvalue weighted by Gasteiger charge is 2.06. The van der Waals surface area contributed by atoms with Crippen LogP contribution < -0.4 is 16.8 Å². The largest absolute Gasteiger partial charge is 0.366 e. The maximum absolute atomic E-state index is 11.6. The summed E-state index contributed by atoms with van der Waals surface area (Å²) in [6.07, 6.45) is 0.906. The molecule has 0 heterocycles. The lowest BCUT2D eigenvalue weighted by molar-refractivity contribution is -0.113. The number of thioether (sulfide) groups is 1. The molecule has 0 aliphatic rings. The molecular formula is C13H19N3O2S. The number of rotatable bonds is 7. The third kappa shape index (κ3) is 5.76. The summed E-state index contributed by atoms with van der Waals surface area (Å²) in [6, 6.07) is 6.60. The Balaban J connectivity index is 2.38. The van der Waals surface area contributed by atoms with E-state index in [0.29, 0.717) is 17.0 Å². The number of anilines is 1. The van der Waals surface area contributed by atoms with Crippen LogP contribution in [0, 0.1) is 0 Å². The van der Waals surface area contributed by atoms with Crippen LogP contribution in [-0.2, 0) is 4.79 Å². The average Bonchev–Trinajstić information content (AvgIpc) is 2.39. The first-order valence-corrected chi connectivity index (χ1v) is 7.21. The summed E-state index contributed by atoms with van der Waals surface area (Å²) in [4.78, 5) is 22.5. The first kappa shape index (κ1) is 15.5. The van der Waals surface area contributed by atoms with Gasteiger partial charge in [-0.1, -0.05) is 6.92 Å². The molecule has 19 heavy (non-hydrogen) atoms. The molecule has 1 atom stereocenters. The van der Waals surface area contributed by atoms with E-state index in [4.69, 9.17) is 11.5 Å². The van der Waals surface area contributed by atoms with Gasteiger partial charge in [-0.3, -0.25) is 9.59 Å². The number of amides is 2. The van der Waals surface area contributed by atoms with Crippen LogP contribution in [0.15, 0.2) is 24.3 Å². The van der Waals surface area contributed by atoms with E-state index < -0.39 is 5.91 Å². The zero-order valence-corrected chi connectivity index (χ0v) is 11.7. The van der Waals surface area contributed by atoms with Crippen molar-refractivity contribution in [3.8, 4) is 0 Å². The van der Waals surface area contributed by atoms with Gasteiger partial charge in [-0.25, -0.2) is 0 Å². The Morgan fingerprint density at radius 3 is 2.47 bits per heavy atom. The van der Waals surface area contributed by atoms with Crippen molar-refractivity contribution in [2.75, 3.05) is 16.8 Å². The number of hydrogen-bond donors (Lipinski definition) is 3. The van der Waals surface area contributed by atoms with Crippen LogP contribution in [0.3, 0.4) is 0 Å². The van der Waals surface area contributed by atoms with Gasteiger partial charge in [0.1, 0.15) is 0 Å². The first-order valence-electron chi connectivity index (χ1n) is 6.06. The Morgan fingerprint density at radius 1 is 1.32 bits per heavy atom. The second-order valence-corrected chi connectivity index (χ2v) is 5.20. The zero-order valence-electron chi connectivity index (χ0n) is 10.9. The Hall–Kier alpha value is -1.53. The van der Waals surface area contributed by atoms with Gasteiger partial charge in [0, 0.05) is 23.0 Å². The van der Waals surface area contributed by atoms with Crippen molar-refractivity contribution in [1.82, 2.24) is 0 Å². The highest BCUT2D eigenvalue weighted by atomic mass is 32.2. The predicted molar refractivity (Wildman–Crippen MR) is 79.2 cm³/mol. The van der Waals surface area contributed by atoms with Crippen molar-refractivity contribution in [2.45, 2.75) is 19.4 Å². The van der Waals surface area contributed by atoms with Crippen LogP contribution in [0.2, 0.25) is 0 Å². The van der Waals surface area contributed by atoms with Gasteiger partial charge in [-0.2, -0.15) is 11.8 Å². The number of nitrogens with two attached hydrogens (primary N) is 2. The summed E-state index contributed by atoms with van der Waals surface area (Å²) < 4.78 is 0. The number of carbonyl (C=O) groups is 2. The molecular weight excluding hydrogens is 262 g/mol. The molecule has 6 heteroatoms. The van der Waals surface area contributed by atoms with Gasteiger partial charge in [0.2, 0.25) is 11.8 Å². The van der Waals surface area contributed by atoms with Crippen LogP contribution in [0.25, 0.3) is 0 Å². The summed E-state index contributed by atoms with van der Waals surface area (Å²) in [5, 5.41) is 2.75. The van der Waals surface area contributed by atoms with E-state index in [9.17, 15) is 9.59 Å². The molecule has 0 aliphatic heterocycles. The van der Waals surface area contributed by atoms with Gasteiger partial charge in [-0.05, 0) is 30.7 Å². The van der Waals surface area contributed by atoms with Crippen molar-refractivity contribution in [2.24, 2.45) is 11.5 Å². The average molecular weight is 281 g/mol. The molecule has 0 radical (unpaired) electrons. The molecule has 5 nitrogen and oxygen atoms in total. The molecule has 104 valence electrons. The smallest absolute Gasteiger partial charge is 0.248 e. The number of benzene rings is 1. The Kier molecular flexibility index (Phi) is 6.38. The molecule has 1 aromatic rings. The van der Waals surface area contributed by atoms with E-state index >= 15 is 0 Å². The van der Waals surface area contributed by atoms with Gasteiger partial charge in [0.05, 0.1) is 5.75 Å². The predicted octanol–water partition coefficient (Wildman–Crippen LogP) is 1.19. The van der Waals surface area contributed by atoms with E-state index in [1.807, 2.05) is 6.92 Å². The SMILES string of the molecule is CCC(N)CSCC(=O)Nc1ccc(C(N)=O)cc1. The highest BCUT2D eigenvalue weighted by Crippen LogP contribution is 2.10. The molecule has 0 spiro atoms. The lowest BCUT2D eigenvalue weighted by atomic mass is 10.2. The molecule has 0 saturated heterocycles. The molecule has 5 N–H and O–H groups in total. The molecule has 0 bridgehead atoms. The summed E-state index contributed by atoms with van der Waals surface area (Å²) >= 11 is 1.51. The Bertz CT molecular complexity index is 434. The van der Waals surface area contributed by atoms with Gasteiger partial charge >= 0.3 is 0 Å². The third-order valence-electron chi connectivity index (χ3n) is 2.54. The third-order valence-corrected chi connectivity index (χ3v) is 3.67. The van der Waals surface area contributed by atoms with E-state index in [2.05, 4.69) is 5.32 Å². The summed E-state index contributed by atoms with van der Waals surface area (Å²) in [5.74, 6) is 0.567. The monoisotopic (exact) mass is 281 g/mol. The van der Waals surface area contributed by atoms with Gasteiger partial charge in [0.15, 0.2) is 0 Å². The fourth-order valence-corrected chi connectivity index (χ4v) is 2.25.